The van der Waals surface area contributed by atoms with E-state index in [1.807, 2.05) is 0 Å². The molecule has 2 rings (SSSR count). The van der Waals surface area contributed by atoms with Gasteiger partial charge in [0, 0.05) is 38.5 Å². The minimum absolute atomic E-state index is 0.0290. The highest BCUT2D eigenvalue weighted by Gasteiger charge is 2.33. The quantitative estimate of drug-likeness (QED) is 0.391. The van der Waals surface area contributed by atoms with Crippen LogP contribution in [0.3, 0.4) is 0 Å². The molecule has 0 unspecified atom stereocenters. The van der Waals surface area contributed by atoms with Gasteiger partial charge in [-0.15, -0.1) is 10.1 Å². The van der Waals surface area contributed by atoms with Gasteiger partial charge in [-0.2, -0.15) is 0 Å². The lowest BCUT2D eigenvalue weighted by Gasteiger charge is -2.18. The molecular formula is C19H24N2O8. The smallest absolute Gasteiger partial charge is 0.333 e. The molecule has 29 heavy (non-hydrogen) atoms. The van der Waals surface area contributed by atoms with E-state index in [1.54, 1.807) is 0 Å². The second-order valence-corrected chi connectivity index (χ2v) is 7.06. The van der Waals surface area contributed by atoms with E-state index in [9.17, 15) is 28.8 Å². The minimum atomic E-state index is -0.721. The van der Waals surface area contributed by atoms with Gasteiger partial charge < -0.3 is 9.68 Å². The van der Waals surface area contributed by atoms with Gasteiger partial charge in [-0.05, 0) is 19.3 Å². The summed E-state index contributed by atoms with van der Waals surface area (Å²) in [5, 5.41) is 1.37. The number of Topliss-reactive ketones (excluding diaryl/α,β-unsaturated/α-hetero) is 1. The first-order chi connectivity index (χ1) is 13.7. The van der Waals surface area contributed by atoms with E-state index in [0.29, 0.717) is 30.0 Å². The summed E-state index contributed by atoms with van der Waals surface area (Å²) in [6, 6.07) is 0. The van der Waals surface area contributed by atoms with Gasteiger partial charge in [0.05, 0.1) is 11.6 Å². The number of unbranched alkanes of at least 4 members (excludes halogenated alkanes) is 1. The van der Waals surface area contributed by atoms with Crippen LogP contribution in [0.4, 0.5) is 0 Å². The first kappa shape index (κ1) is 22.3. The summed E-state index contributed by atoms with van der Waals surface area (Å²) >= 11 is 0. The van der Waals surface area contributed by atoms with Gasteiger partial charge in [0.15, 0.2) is 0 Å². The molecule has 0 aliphatic carbocycles. The lowest BCUT2D eigenvalue weighted by molar-refractivity contribution is -0.197. The molecule has 1 atom stereocenters. The third kappa shape index (κ3) is 6.23. The molecule has 2 saturated heterocycles. The highest BCUT2D eigenvalue weighted by molar-refractivity contribution is 6.01. The Morgan fingerprint density at radius 2 is 1.45 bits per heavy atom. The van der Waals surface area contributed by atoms with E-state index in [4.69, 9.17) is 9.68 Å². The number of amides is 3. The molecule has 2 aliphatic rings. The summed E-state index contributed by atoms with van der Waals surface area (Å²) in [5.41, 5.74) is 0.408. The van der Waals surface area contributed by atoms with Crippen molar-refractivity contribution in [1.29, 1.82) is 0 Å². The highest BCUT2D eigenvalue weighted by atomic mass is 16.7. The Balaban J connectivity index is 1.62. The van der Waals surface area contributed by atoms with Crippen molar-refractivity contribution in [2.75, 3.05) is 0 Å². The van der Waals surface area contributed by atoms with Crippen molar-refractivity contribution in [2.24, 2.45) is 5.92 Å². The zero-order chi connectivity index (χ0) is 21.6. The lowest BCUT2D eigenvalue weighted by Crippen LogP contribution is -2.31. The van der Waals surface area contributed by atoms with Crippen molar-refractivity contribution in [3.05, 3.63) is 12.3 Å². The van der Waals surface area contributed by atoms with Crippen LogP contribution in [-0.4, -0.2) is 45.6 Å². The summed E-state index contributed by atoms with van der Waals surface area (Å²) in [5.74, 6) is -3.73. The number of hydrogen-bond acceptors (Lipinski definition) is 8. The standard InChI is InChI=1S/C19H24N2O8/c1-12(19(27)29-20-13(2)7-8-15(20)23)11-14(22)5-3-4-6-18(26)28-21-16(24)9-10-17(21)25/h12H,2-11H2,1H3/t12-/m1/s1. The molecular weight excluding hydrogens is 384 g/mol. The summed E-state index contributed by atoms with van der Waals surface area (Å²) in [6.07, 6.45) is 1.52. The van der Waals surface area contributed by atoms with Gasteiger partial charge in [0.25, 0.3) is 17.7 Å². The largest absolute Gasteiger partial charge is 0.336 e. The Morgan fingerprint density at radius 1 is 0.897 bits per heavy atom. The Bertz CT molecular complexity index is 712. The minimum Gasteiger partial charge on any atom is -0.333 e. The molecule has 0 bridgehead atoms. The Hall–Kier alpha value is -3.04. The molecule has 2 fully saturated rings. The number of carbonyl (C=O) groups is 6. The van der Waals surface area contributed by atoms with Gasteiger partial charge in [0.2, 0.25) is 0 Å². The Morgan fingerprint density at radius 3 is 2.03 bits per heavy atom. The van der Waals surface area contributed by atoms with Crippen LogP contribution < -0.4 is 0 Å². The van der Waals surface area contributed by atoms with E-state index >= 15 is 0 Å². The number of carbonyl (C=O) groups excluding carboxylic acids is 6. The second kappa shape index (κ2) is 9.94. The van der Waals surface area contributed by atoms with Crippen LogP contribution in [0, 0.1) is 5.92 Å². The SMILES string of the molecule is C=C1CCC(=O)N1OC(=O)[C@H](C)CC(=O)CCCCC(=O)ON1C(=O)CCC1=O. The van der Waals surface area contributed by atoms with Gasteiger partial charge in [-0.1, -0.05) is 13.5 Å². The number of hydroxylamine groups is 4. The van der Waals surface area contributed by atoms with E-state index in [-0.39, 0.29) is 50.2 Å². The molecule has 10 nitrogen and oxygen atoms in total. The van der Waals surface area contributed by atoms with Gasteiger partial charge in [-0.25, -0.2) is 9.59 Å². The molecule has 0 saturated carbocycles. The highest BCUT2D eigenvalue weighted by Crippen LogP contribution is 2.22. The molecule has 0 spiro atoms. The first-order valence-electron chi connectivity index (χ1n) is 9.50. The molecule has 0 aromatic heterocycles. The van der Waals surface area contributed by atoms with Gasteiger partial charge >= 0.3 is 11.9 Å². The zero-order valence-corrected chi connectivity index (χ0v) is 16.3. The van der Waals surface area contributed by atoms with Crippen LogP contribution in [0.5, 0.6) is 0 Å². The normalized spacial score (nSPS) is 17.7. The zero-order valence-electron chi connectivity index (χ0n) is 16.3. The lowest BCUT2D eigenvalue weighted by atomic mass is 10.0. The fourth-order valence-corrected chi connectivity index (χ4v) is 2.85. The van der Waals surface area contributed by atoms with Crippen LogP contribution >= 0.6 is 0 Å². The van der Waals surface area contributed by atoms with Crippen LogP contribution in [-0.2, 0) is 38.4 Å². The molecule has 158 valence electrons. The maximum atomic E-state index is 12.0. The van der Waals surface area contributed by atoms with Crippen molar-refractivity contribution in [3.63, 3.8) is 0 Å². The van der Waals surface area contributed by atoms with Crippen molar-refractivity contribution >= 4 is 35.4 Å². The summed E-state index contributed by atoms with van der Waals surface area (Å²) < 4.78 is 0. The second-order valence-electron chi connectivity index (χ2n) is 7.06. The van der Waals surface area contributed by atoms with Crippen LogP contribution in [0.15, 0.2) is 12.3 Å². The third-order valence-corrected chi connectivity index (χ3v) is 4.54. The summed E-state index contributed by atoms with van der Waals surface area (Å²) in [4.78, 5) is 79.8. The summed E-state index contributed by atoms with van der Waals surface area (Å²) in [6.45, 7) is 5.18. The number of ketones is 1. The third-order valence-electron chi connectivity index (χ3n) is 4.54. The number of hydrogen-bond donors (Lipinski definition) is 0. The fraction of sp³-hybridized carbons (Fsp3) is 0.579. The average Bonchev–Trinajstić information content (AvgIpc) is 3.15. The van der Waals surface area contributed by atoms with Gasteiger partial charge in [0.1, 0.15) is 5.78 Å². The molecule has 0 aromatic rings. The predicted octanol–water partition coefficient (Wildman–Crippen LogP) is 1.34. The van der Waals surface area contributed by atoms with Crippen LogP contribution in [0.25, 0.3) is 0 Å². The number of imide groups is 1. The van der Waals surface area contributed by atoms with Crippen molar-refractivity contribution in [2.45, 2.75) is 64.7 Å². The van der Waals surface area contributed by atoms with Crippen LogP contribution in [0.2, 0.25) is 0 Å². The number of nitrogens with zero attached hydrogens (tertiary/aromatic N) is 2. The maximum absolute atomic E-state index is 12.0. The van der Waals surface area contributed by atoms with E-state index in [0.717, 1.165) is 5.06 Å². The number of rotatable bonds is 10. The van der Waals surface area contributed by atoms with Gasteiger partial charge in [-0.3, -0.25) is 19.2 Å². The topological polar surface area (TPSA) is 127 Å². The van der Waals surface area contributed by atoms with Crippen LogP contribution in [0.1, 0.15) is 64.7 Å². The average molecular weight is 408 g/mol. The summed E-state index contributed by atoms with van der Waals surface area (Å²) in [7, 11) is 0. The van der Waals surface area contributed by atoms with Crippen molar-refractivity contribution in [3.8, 4) is 0 Å². The fourth-order valence-electron chi connectivity index (χ4n) is 2.85. The maximum Gasteiger partial charge on any atom is 0.336 e. The molecule has 3 amide bonds. The number of allylic oxidation sites excluding steroid dienone is 1. The molecule has 0 radical (unpaired) electrons. The van der Waals surface area contributed by atoms with Crippen molar-refractivity contribution < 1.29 is 38.4 Å². The molecule has 2 aliphatic heterocycles. The Labute approximate surface area is 167 Å². The van der Waals surface area contributed by atoms with E-state index in [1.165, 1.54) is 6.92 Å². The Kier molecular flexibility index (Phi) is 7.63. The first-order valence-corrected chi connectivity index (χ1v) is 9.50. The van der Waals surface area contributed by atoms with E-state index < -0.39 is 29.7 Å². The molecule has 10 heteroatoms. The molecule has 2 heterocycles. The monoisotopic (exact) mass is 408 g/mol. The van der Waals surface area contributed by atoms with Crippen molar-refractivity contribution in [1.82, 2.24) is 10.1 Å². The predicted molar refractivity (Wildman–Crippen MR) is 95.7 cm³/mol. The van der Waals surface area contributed by atoms with E-state index in [2.05, 4.69) is 6.58 Å². The molecule has 0 aromatic carbocycles. The molecule has 0 N–H and O–H groups in total.